The first-order chi connectivity index (χ1) is 9.68. The number of aromatic hydroxyl groups is 1. The summed E-state index contributed by atoms with van der Waals surface area (Å²) < 4.78 is 5.03. The fourth-order valence-electron chi connectivity index (χ4n) is 2.07. The van der Waals surface area contributed by atoms with Crippen LogP contribution in [-0.2, 0) is 14.3 Å². The number of carbonyl (C=O) groups is 2. The van der Waals surface area contributed by atoms with Gasteiger partial charge in [-0.2, -0.15) is 0 Å². The summed E-state index contributed by atoms with van der Waals surface area (Å²) in [6.07, 6.45) is 0. The quantitative estimate of drug-likeness (QED) is 0.684. The average Bonchev–Trinajstić information content (AvgIpc) is 2.36. The van der Waals surface area contributed by atoms with Crippen molar-refractivity contribution in [1.29, 1.82) is 0 Å². The van der Waals surface area contributed by atoms with Gasteiger partial charge >= 0.3 is 5.97 Å². The fourth-order valence-corrected chi connectivity index (χ4v) is 2.07. The highest BCUT2D eigenvalue weighted by atomic mass is 16.5. The Bertz CT molecular complexity index is 519. The molecular weight excluding hydrogens is 270 g/mol. The third-order valence-corrected chi connectivity index (χ3v) is 3.18. The average molecular weight is 293 g/mol. The molecule has 116 valence electrons. The molecule has 0 aliphatic rings. The van der Waals surface area contributed by atoms with Gasteiger partial charge in [0, 0.05) is 18.8 Å². The van der Waals surface area contributed by atoms with Crippen LogP contribution < -0.4 is 4.90 Å². The van der Waals surface area contributed by atoms with E-state index in [1.165, 1.54) is 17.0 Å². The summed E-state index contributed by atoms with van der Waals surface area (Å²) in [6.45, 7) is 7.41. The number of phenolic OH excluding ortho intramolecular Hbond substituents is 1. The number of benzene rings is 1. The molecule has 21 heavy (non-hydrogen) atoms. The molecule has 0 saturated heterocycles. The van der Waals surface area contributed by atoms with Gasteiger partial charge in [0.25, 0.3) is 0 Å². The lowest BCUT2D eigenvalue weighted by molar-refractivity contribution is -0.155. The van der Waals surface area contributed by atoms with Gasteiger partial charge in [-0.15, -0.1) is 0 Å². The first-order valence-corrected chi connectivity index (χ1v) is 6.91. The van der Waals surface area contributed by atoms with E-state index in [2.05, 4.69) is 0 Å². The Morgan fingerprint density at radius 2 is 1.95 bits per heavy atom. The monoisotopic (exact) mass is 293 g/mol. The third-order valence-electron chi connectivity index (χ3n) is 3.18. The van der Waals surface area contributed by atoms with Gasteiger partial charge in [0.1, 0.15) is 11.7 Å². The van der Waals surface area contributed by atoms with E-state index in [4.69, 9.17) is 4.74 Å². The van der Waals surface area contributed by atoms with E-state index in [0.717, 1.165) is 0 Å². The SMILES string of the molecule is CCOC(=O)C(C(=O)N(C)c1cccc(O)c1)C(C)(C)C. The van der Waals surface area contributed by atoms with E-state index >= 15 is 0 Å². The minimum absolute atomic E-state index is 0.0654. The standard InChI is InChI=1S/C16H23NO4/c1-6-21-15(20)13(16(2,3)4)14(19)17(5)11-8-7-9-12(18)10-11/h7-10,13,18H,6H2,1-5H3. The van der Waals surface area contributed by atoms with Crippen LogP contribution in [0.2, 0.25) is 0 Å². The van der Waals surface area contributed by atoms with Crippen LogP contribution in [-0.4, -0.2) is 30.6 Å². The van der Waals surface area contributed by atoms with Crippen LogP contribution in [0.25, 0.3) is 0 Å². The molecule has 1 rings (SSSR count). The minimum Gasteiger partial charge on any atom is -0.508 e. The van der Waals surface area contributed by atoms with Gasteiger partial charge in [-0.3, -0.25) is 9.59 Å². The molecule has 1 aromatic rings. The number of rotatable bonds is 4. The van der Waals surface area contributed by atoms with E-state index in [0.29, 0.717) is 5.69 Å². The van der Waals surface area contributed by atoms with Gasteiger partial charge in [-0.1, -0.05) is 26.8 Å². The summed E-state index contributed by atoms with van der Waals surface area (Å²) >= 11 is 0. The molecule has 5 nitrogen and oxygen atoms in total. The second-order valence-corrected chi connectivity index (χ2v) is 5.97. The molecular formula is C16H23NO4. The second-order valence-electron chi connectivity index (χ2n) is 5.97. The van der Waals surface area contributed by atoms with Crippen molar-refractivity contribution in [3.05, 3.63) is 24.3 Å². The fraction of sp³-hybridized carbons (Fsp3) is 0.500. The van der Waals surface area contributed by atoms with Crippen LogP contribution in [0.1, 0.15) is 27.7 Å². The highest BCUT2D eigenvalue weighted by Gasteiger charge is 2.40. The van der Waals surface area contributed by atoms with Gasteiger partial charge in [-0.25, -0.2) is 0 Å². The molecule has 1 atom stereocenters. The first kappa shape index (κ1) is 17.0. The number of nitrogens with zero attached hydrogens (tertiary/aromatic N) is 1. The Morgan fingerprint density at radius 1 is 1.33 bits per heavy atom. The zero-order valence-corrected chi connectivity index (χ0v) is 13.2. The zero-order chi connectivity index (χ0) is 16.2. The van der Waals surface area contributed by atoms with Crippen molar-refractivity contribution in [3.63, 3.8) is 0 Å². The number of amides is 1. The van der Waals surface area contributed by atoms with Crippen LogP contribution in [0.3, 0.4) is 0 Å². The van der Waals surface area contributed by atoms with E-state index < -0.39 is 17.3 Å². The Balaban J connectivity index is 3.08. The van der Waals surface area contributed by atoms with Gasteiger partial charge in [-0.05, 0) is 24.5 Å². The molecule has 0 radical (unpaired) electrons. The van der Waals surface area contributed by atoms with Crippen molar-refractivity contribution < 1.29 is 19.4 Å². The molecule has 1 unspecified atom stereocenters. The lowest BCUT2D eigenvalue weighted by atomic mass is 9.79. The van der Waals surface area contributed by atoms with Crippen molar-refractivity contribution in [2.24, 2.45) is 11.3 Å². The smallest absolute Gasteiger partial charge is 0.319 e. The minimum atomic E-state index is -0.898. The molecule has 0 bridgehead atoms. The van der Waals surface area contributed by atoms with Crippen LogP contribution >= 0.6 is 0 Å². The van der Waals surface area contributed by atoms with Crippen LogP contribution in [0.5, 0.6) is 5.75 Å². The van der Waals surface area contributed by atoms with Crippen molar-refractivity contribution in [3.8, 4) is 5.75 Å². The third kappa shape index (κ3) is 4.21. The number of phenols is 1. The maximum atomic E-state index is 12.7. The Kier molecular flexibility index (Phi) is 5.35. The highest BCUT2D eigenvalue weighted by Crippen LogP contribution is 2.30. The van der Waals surface area contributed by atoms with Crippen molar-refractivity contribution >= 4 is 17.6 Å². The molecule has 0 aliphatic carbocycles. The molecule has 1 amide bonds. The first-order valence-electron chi connectivity index (χ1n) is 6.91. The topological polar surface area (TPSA) is 66.8 Å². The highest BCUT2D eigenvalue weighted by molar-refractivity contribution is 6.06. The second kappa shape index (κ2) is 6.61. The van der Waals surface area contributed by atoms with E-state index in [-0.39, 0.29) is 18.3 Å². The van der Waals surface area contributed by atoms with E-state index in [1.54, 1.807) is 26.1 Å². The Hall–Kier alpha value is -2.04. The van der Waals surface area contributed by atoms with Crippen LogP contribution in [0, 0.1) is 11.3 Å². The van der Waals surface area contributed by atoms with Crippen molar-refractivity contribution in [1.82, 2.24) is 0 Å². The largest absolute Gasteiger partial charge is 0.508 e. The summed E-state index contributed by atoms with van der Waals surface area (Å²) in [4.78, 5) is 26.1. The van der Waals surface area contributed by atoms with E-state index in [1.807, 2.05) is 20.8 Å². The van der Waals surface area contributed by atoms with Crippen LogP contribution in [0.15, 0.2) is 24.3 Å². The number of hydrogen-bond donors (Lipinski definition) is 1. The summed E-state index contributed by atoms with van der Waals surface area (Å²) in [5, 5.41) is 9.51. The molecule has 1 N–H and O–H groups in total. The predicted octanol–water partition coefficient (Wildman–Crippen LogP) is 2.58. The molecule has 1 aromatic carbocycles. The van der Waals surface area contributed by atoms with Crippen LogP contribution in [0.4, 0.5) is 5.69 Å². The summed E-state index contributed by atoms with van der Waals surface area (Å²) in [6, 6.07) is 6.34. The molecule has 0 spiro atoms. The lowest BCUT2D eigenvalue weighted by Gasteiger charge is -2.31. The molecule has 0 aliphatic heterocycles. The molecule has 5 heteroatoms. The van der Waals surface area contributed by atoms with Gasteiger partial charge < -0.3 is 14.7 Å². The molecule has 0 fully saturated rings. The van der Waals surface area contributed by atoms with E-state index in [9.17, 15) is 14.7 Å². The zero-order valence-electron chi connectivity index (χ0n) is 13.2. The molecule has 0 heterocycles. The molecule has 0 aromatic heterocycles. The maximum Gasteiger partial charge on any atom is 0.319 e. The summed E-state index contributed by atoms with van der Waals surface area (Å²) in [5.74, 6) is -1.71. The predicted molar refractivity (Wildman–Crippen MR) is 81.1 cm³/mol. The number of carbonyl (C=O) groups excluding carboxylic acids is 2. The van der Waals surface area contributed by atoms with Crippen molar-refractivity contribution in [2.75, 3.05) is 18.6 Å². The maximum absolute atomic E-state index is 12.7. The molecule has 0 saturated carbocycles. The summed E-state index contributed by atoms with van der Waals surface area (Å²) in [7, 11) is 1.58. The normalized spacial score (nSPS) is 12.6. The Morgan fingerprint density at radius 3 is 2.43 bits per heavy atom. The Labute approximate surface area is 125 Å². The van der Waals surface area contributed by atoms with Gasteiger partial charge in [0.15, 0.2) is 0 Å². The number of esters is 1. The summed E-state index contributed by atoms with van der Waals surface area (Å²) in [5.41, 5.74) is -0.0347. The number of anilines is 1. The van der Waals surface area contributed by atoms with Crippen molar-refractivity contribution in [2.45, 2.75) is 27.7 Å². The number of ether oxygens (including phenoxy) is 1. The lowest BCUT2D eigenvalue weighted by Crippen LogP contribution is -2.44. The number of hydrogen-bond acceptors (Lipinski definition) is 4. The van der Waals surface area contributed by atoms with Gasteiger partial charge in [0.05, 0.1) is 6.61 Å². The van der Waals surface area contributed by atoms with Gasteiger partial charge in [0.2, 0.25) is 5.91 Å².